The number of benzene rings is 2. The number of rotatable bonds is 9. The van der Waals surface area contributed by atoms with Crippen LogP contribution in [0.25, 0.3) is 0 Å². The molecule has 2 aromatic rings. The number of phenols is 1. The van der Waals surface area contributed by atoms with Crippen molar-refractivity contribution in [1.82, 2.24) is 10.2 Å². The van der Waals surface area contributed by atoms with Gasteiger partial charge in [-0.25, -0.2) is 4.79 Å². The van der Waals surface area contributed by atoms with E-state index in [2.05, 4.69) is 10.6 Å². The van der Waals surface area contributed by atoms with Gasteiger partial charge in [-0.1, -0.05) is 38.5 Å². The quantitative estimate of drug-likeness (QED) is 0.468. The van der Waals surface area contributed by atoms with Gasteiger partial charge >= 0.3 is 6.09 Å². The molecule has 0 aromatic heterocycles. The van der Waals surface area contributed by atoms with E-state index < -0.39 is 35.6 Å². The number of hydrogen-bond acceptors (Lipinski definition) is 6. The molecule has 0 saturated heterocycles. The van der Waals surface area contributed by atoms with Crippen molar-refractivity contribution in [2.75, 3.05) is 19.5 Å². The van der Waals surface area contributed by atoms with Crippen molar-refractivity contribution in [3.63, 3.8) is 0 Å². The lowest BCUT2D eigenvalue weighted by molar-refractivity contribution is -0.140. The Balaban J connectivity index is 2.39. The topological polar surface area (TPSA) is 117 Å². The van der Waals surface area contributed by atoms with Crippen LogP contribution in [0.15, 0.2) is 48.5 Å². The summed E-state index contributed by atoms with van der Waals surface area (Å²) in [6, 6.07) is 11.0. The summed E-state index contributed by atoms with van der Waals surface area (Å²) in [6.45, 7) is 8.93. The van der Waals surface area contributed by atoms with Crippen LogP contribution < -0.4 is 15.4 Å². The zero-order chi connectivity index (χ0) is 27.0. The minimum Gasteiger partial charge on any atom is -0.508 e. The number of alkyl carbamates (subject to hydrolysis) is 1. The van der Waals surface area contributed by atoms with E-state index in [1.807, 2.05) is 13.8 Å². The van der Waals surface area contributed by atoms with Gasteiger partial charge in [0.25, 0.3) is 5.91 Å². The van der Waals surface area contributed by atoms with E-state index in [4.69, 9.17) is 9.47 Å². The highest BCUT2D eigenvalue weighted by Gasteiger charge is 2.37. The van der Waals surface area contributed by atoms with Crippen LogP contribution in [0.5, 0.6) is 11.5 Å². The number of para-hydroxylation sites is 1. The molecule has 0 spiro atoms. The molecule has 2 rings (SSSR count). The number of amides is 3. The predicted molar refractivity (Wildman–Crippen MR) is 138 cm³/mol. The van der Waals surface area contributed by atoms with E-state index in [1.165, 1.54) is 18.0 Å². The molecular formula is C27H37N3O6. The fourth-order valence-corrected chi connectivity index (χ4v) is 3.59. The van der Waals surface area contributed by atoms with E-state index >= 15 is 0 Å². The van der Waals surface area contributed by atoms with Crippen molar-refractivity contribution < 1.29 is 29.0 Å². The van der Waals surface area contributed by atoms with Crippen LogP contribution in [0.2, 0.25) is 0 Å². The average molecular weight is 500 g/mol. The van der Waals surface area contributed by atoms with Gasteiger partial charge in [-0.2, -0.15) is 0 Å². The molecule has 196 valence electrons. The van der Waals surface area contributed by atoms with Gasteiger partial charge in [0.15, 0.2) is 0 Å². The molecule has 3 unspecified atom stereocenters. The summed E-state index contributed by atoms with van der Waals surface area (Å²) in [5, 5.41) is 16.0. The highest BCUT2D eigenvalue weighted by molar-refractivity contribution is 5.99. The number of likely N-dealkylation sites (N-methyl/N-ethyl adjacent to an activating group) is 1. The fourth-order valence-electron chi connectivity index (χ4n) is 3.59. The third-order valence-corrected chi connectivity index (χ3v) is 5.72. The lowest BCUT2D eigenvalue weighted by Gasteiger charge is -2.33. The zero-order valence-corrected chi connectivity index (χ0v) is 22.0. The second-order valence-electron chi connectivity index (χ2n) is 9.64. The van der Waals surface area contributed by atoms with Crippen LogP contribution >= 0.6 is 0 Å². The normalized spacial score (nSPS) is 13.6. The first-order valence-electron chi connectivity index (χ1n) is 11.9. The molecule has 3 atom stereocenters. The second-order valence-corrected chi connectivity index (χ2v) is 9.64. The molecule has 3 N–H and O–H groups in total. The minimum atomic E-state index is -1.17. The molecule has 3 amide bonds. The molecule has 0 bridgehead atoms. The van der Waals surface area contributed by atoms with Crippen LogP contribution in [0, 0.1) is 5.92 Å². The van der Waals surface area contributed by atoms with Crippen molar-refractivity contribution in [3.05, 3.63) is 54.1 Å². The number of hydrogen-bond donors (Lipinski definition) is 3. The molecule has 0 aliphatic rings. The van der Waals surface area contributed by atoms with Gasteiger partial charge in [0.1, 0.15) is 29.2 Å². The number of nitrogens with zero attached hydrogens (tertiary/aromatic N) is 1. The average Bonchev–Trinajstić information content (AvgIpc) is 2.82. The van der Waals surface area contributed by atoms with Gasteiger partial charge in [-0.3, -0.25) is 9.59 Å². The Hall–Kier alpha value is -3.75. The molecule has 0 saturated carbocycles. The van der Waals surface area contributed by atoms with Gasteiger partial charge in [0.05, 0.1) is 7.11 Å². The largest absolute Gasteiger partial charge is 0.508 e. The van der Waals surface area contributed by atoms with E-state index in [0.29, 0.717) is 17.9 Å². The van der Waals surface area contributed by atoms with Crippen LogP contribution in [0.4, 0.5) is 10.5 Å². The van der Waals surface area contributed by atoms with Crippen molar-refractivity contribution in [2.24, 2.45) is 5.92 Å². The molecule has 36 heavy (non-hydrogen) atoms. The highest BCUT2D eigenvalue weighted by Crippen LogP contribution is 2.30. The van der Waals surface area contributed by atoms with Gasteiger partial charge in [-0.15, -0.1) is 0 Å². The molecule has 0 radical (unpaired) electrons. The maximum Gasteiger partial charge on any atom is 0.408 e. The smallest absolute Gasteiger partial charge is 0.408 e. The fraction of sp³-hybridized carbons (Fsp3) is 0.444. The van der Waals surface area contributed by atoms with Crippen molar-refractivity contribution in [2.45, 2.75) is 58.7 Å². The number of methoxy groups -OCH3 is 1. The molecule has 0 fully saturated rings. The standard InChI is InChI=1S/C27H37N3O6/c1-8-17(2)22(29-26(34)36-27(3,4)5)25(33)30(6)23(20-11-9-10-12-21(20)31)24(32)28-18-13-15-19(35-7)16-14-18/h9-17,22-23,31H,8H2,1-7H3,(H,28,32)(H,29,34). The SMILES string of the molecule is CCC(C)C(NC(=O)OC(C)(C)C)C(=O)N(C)C(C(=O)Nc1ccc(OC)cc1)c1ccccc1O. The summed E-state index contributed by atoms with van der Waals surface area (Å²) < 4.78 is 10.5. The Morgan fingerprint density at radius 3 is 2.19 bits per heavy atom. The van der Waals surface area contributed by atoms with E-state index in [0.717, 1.165) is 0 Å². The lowest BCUT2D eigenvalue weighted by atomic mass is 9.96. The van der Waals surface area contributed by atoms with Gasteiger partial charge in [-0.05, 0) is 57.0 Å². The van der Waals surface area contributed by atoms with Crippen LogP contribution in [-0.2, 0) is 14.3 Å². The van der Waals surface area contributed by atoms with E-state index in [-0.39, 0.29) is 17.2 Å². The Bertz CT molecular complexity index is 1050. The molecule has 0 heterocycles. The zero-order valence-electron chi connectivity index (χ0n) is 22.0. The third-order valence-electron chi connectivity index (χ3n) is 5.72. The van der Waals surface area contributed by atoms with Crippen LogP contribution in [0.1, 0.15) is 52.6 Å². The Morgan fingerprint density at radius 2 is 1.67 bits per heavy atom. The minimum absolute atomic E-state index is 0.132. The first kappa shape index (κ1) is 28.5. The Kier molecular flexibility index (Phi) is 9.72. The second kappa shape index (κ2) is 12.3. The molecule has 2 aromatic carbocycles. The third kappa shape index (κ3) is 7.63. The Labute approximate surface area is 212 Å². The summed E-state index contributed by atoms with van der Waals surface area (Å²) >= 11 is 0. The van der Waals surface area contributed by atoms with Gasteiger partial charge < -0.3 is 30.1 Å². The molecule has 0 aliphatic carbocycles. The molecule has 9 nitrogen and oxygen atoms in total. The number of carbonyl (C=O) groups excluding carboxylic acids is 3. The first-order chi connectivity index (χ1) is 16.9. The maximum absolute atomic E-state index is 13.7. The lowest BCUT2D eigenvalue weighted by Crippen LogP contribution is -2.53. The van der Waals surface area contributed by atoms with Crippen molar-refractivity contribution in [3.8, 4) is 11.5 Å². The summed E-state index contributed by atoms with van der Waals surface area (Å²) in [6.07, 6.45) is -0.129. The van der Waals surface area contributed by atoms with E-state index in [1.54, 1.807) is 70.3 Å². The summed E-state index contributed by atoms with van der Waals surface area (Å²) in [7, 11) is 3.01. The number of nitrogens with one attached hydrogen (secondary N) is 2. The summed E-state index contributed by atoms with van der Waals surface area (Å²) in [5.74, 6) is -0.775. The number of carbonyl (C=O) groups is 3. The maximum atomic E-state index is 13.7. The summed E-state index contributed by atoms with van der Waals surface area (Å²) in [5.41, 5.74) is 0.00213. The number of ether oxygens (including phenoxy) is 2. The number of anilines is 1. The first-order valence-corrected chi connectivity index (χ1v) is 11.9. The molecule has 0 aliphatic heterocycles. The monoisotopic (exact) mass is 499 g/mol. The predicted octanol–water partition coefficient (Wildman–Crippen LogP) is 4.48. The van der Waals surface area contributed by atoms with Gasteiger partial charge in [0.2, 0.25) is 5.91 Å². The van der Waals surface area contributed by atoms with E-state index in [9.17, 15) is 19.5 Å². The summed E-state index contributed by atoms with van der Waals surface area (Å²) in [4.78, 5) is 40.9. The highest BCUT2D eigenvalue weighted by atomic mass is 16.6. The van der Waals surface area contributed by atoms with Crippen molar-refractivity contribution in [1.29, 1.82) is 0 Å². The van der Waals surface area contributed by atoms with Crippen molar-refractivity contribution >= 4 is 23.6 Å². The number of phenolic OH excluding ortho intramolecular Hbond substituents is 1. The molecule has 9 heteroatoms. The number of aromatic hydroxyl groups is 1. The van der Waals surface area contributed by atoms with Crippen LogP contribution in [-0.4, -0.2) is 53.7 Å². The van der Waals surface area contributed by atoms with Crippen LogP contribution in [0.3, 0.4) is 0 Å². The molecular weight excluding hydrogens is 462 g/mol. The Morgan fingerprint density at radius 1 is 1.06 bits per heavy atom. The van der Waals surface area contributed by atoms with Gasteiger partial charge in [0, 0.05) is 18.3 Å².